The van der Waals surface area contributed by atoms with Gasteiger partial charge in [0.25, 0.3) is 0 Å². The maximum Gasteiger partial charge on any atom is 0.141 e. The molecule has 0 bridgehead atoms. The van der Waals surface area contributed by atoms with Crippen LogP contribution in [0.15, 0.2) is 24.5 Å². The quantitative estimate of drug-likeness (QED) is 0.667. The lowest BCUT2D eigenvalue weighted by atomic mass is 9.98. The molecule has 138 valence electrons. The van der Waals surface area contributed by atoms with E-state index in [-0.39, 0.29) is 13.2 Å². The monoisotopic (exact) mass is 371 g/mol. The lowest BCUT2D eigenvalue weighted by Crippen LogP contribution is -2.30. The molecule has 1 aromatic carbocycles. The largest absolute Gasteiger partial charge is 0.395 e. The second-order valence-electron chi connectivity index (χ2n) is 6.36. The molecular formula is C20H25N3O2S. The number of hydrogen-bond acceptors (Lipinski definition) is 6. The van der Waals surface area contributed by atoms with Gasteiger partial charge in [-0.1, -0.05) is 25.1 Å². The van der Waals surface area contributed by atoms with Crippen molar-refractivity contribution in [1.82, 2.24) is 9.97 Å². The van der Waals surface area contributed by atoms with Crippen LogP contribution in [0.2, 0.25) is 0 Å². The number of aromatic nitrogens is 2. The van der Waals surface area contributed by atoms with Crippen molar-refractivity contribution in [2.45, 2.75) is 27.2 Å². The van der Waals surface area contributed by atoms with E-state index in [2.05, 4.69) is 48.9 Å². The first-order chi connectivity index (χ1) is 12.6. The van der Waals surface area contributed by atoms with Crippen LogP contribution in [0, 0.1) is 13.8 Å². The SMILES string of the molecule is CCc1sc2ncnc(N(CCO)CCO)c2c1-c1ccc(C)c(C)c1. The third-order valence-corrected chi connectivity index (χ3v) is 5.94. The van der Waals surface area contributed by atoms with Gasteiger partial charge in [0.1, 0.15) is 17.0 Å². The van der Waals surface area contributed by atoms with Crippen molar-refractivity contribution in [3.63, 3.8) is 0 Å². The molecular weight excluding hydrogens is 346 g/mol. The van der Waals surface area contributed by atoms with E-state index in [0.717, 1.165) is 22.5 Å². The molecule has 26 heavy (non-hydrogen) atoms. The van der Waals surface area contributed by atoms with Crippen molar-refractivity contribution in [1.29, 1.82) is 0 Å². The number of rotatable bonds is 7. The third kappa shape index (κ3) is 3.45. The van der Waals surface area contributed by atoms with E-state index in [4.69, 9.17) is 0 Å². The molecule has 0 fully saturated rings. The average molecular weight is 372 g/mol. The van der Waals surface area contributed by atoms with E-state index in [1.807, 2.05) is 4.90 Å². The van der Waals surface area contributed by atoms with Crippen LogP contribution in [0.3, 0.4) is 0 Å². The third-order valence-electron chi connectivity index (χ3n) is 4.70. The van der Waals surface area contributed by atoms with Crippen LogP contribution < -0.4 is 4.90 Å². The van der Waals surface area contributed by atoms with Gasteiger partial charge >= 0.3 is 0 Å². The highest BCUT2D eigenvalue weighted by atomic mass is 32.1. The fraction of sp³-hybridized carbons (Fsp3) is 0.400. The van der Waals surface area contributed by atoms with Crippen molar-refractivity contribution >= 4 is 27.4 Å². The van der Waals surface area contributed by atoms with Crippen LogP contribution in [0.5, 0.6) is 0 Å². The molecule has 2 aromatic heterocycles. The molecule has 0 aliphatic rings. The molecule has 0 saturated heterocycles. The standard InChI is InChI=1S/C20H25N3O2S/c1-4-16-17(15-6-5-13(2)14(3)11-15)18-19(21-12-22-20(18)26-16)23(7-9-24)8-10-25/h5-6,11-12,24-25H,4,7-10H2,1-3H3. The van der Waals surface area contributed by atoms with Gasteiger partial charge < -0.3 is 15.1 Å². The fourth-order valence-corrected chi connectivity index (χ4v) is 4.31. The maximum absolute atomic E-state index is 9.44. The van der Waals surface area contributed by atoms with Gasteiger partial charge in [0.2, 0.25) is 0 Å². The molecule has 0 atom stereocenters. The molecule has 0 radical (unpaired) electrons. The molecule has 0 saturated carbocycles. The first kappa shape index (κ1) is 18.8. The minimum absolute atomic E-state index is 0.00917. The average Bonchev–Trinajstić information content (AvgIpc) is 3.02. The Morgan fingerprint density at radius 2 is 1.77 bits per heavy atom. The highest BCUT2D eigenvalue weighted by Crippen LogP contribution is 2.42. The van der Waals surface area contributed by atoms with Crippen LogP contribution in [-0.4, -0.2) is 46.5 Å². The number of nitrogens with zero attached hydrogens (tertiary/aromatic N) is 3. The van der Waals surface area contributed by atoms with Gasteiger partial charge in [0, 0.05) is 23.5 Å². The number of aliphatic hydroxyl groups is 2. The molecule has 0 spiro atoms. The summed E-state index contributed by atoms with van der Waals surface area (Å²) in [5, 5.41) is 19.9. The Bertz CT molecular complexity index is 901. The number of hydrogen-bond donors (Lipinski definition) is 2. The second kappa shape index (κ2) is 8.12. The summed E-state index contributed by atoms with van der Waals surface area (Å²) in [6.45, 7) is 7.27. The lowest BCUT2D eigenvalue weighted by molar-refractivity contribution is 0.281. The second-order valence-corrected chi connectivity index (χ2v) is 7.45. The molecule has 3 aromatic rings. The number of aliphatic hydroxyl groups excluding tert-OH is 2. The van der Waals surface area contributed by atoms with Crippen molar-refractivity contribution in [2.24, 2.45) is 0 Å². The van der Waals surface area contributed by atoms with Crippen LogP contribution in [0.4, 0.5) is 5.82 Å². The summed E-state index contributed by atoms with van der Waals surface area (Å²) in [6.07, 6.45) is 2.49. The van der Waals surface area contributed by atoms with Crippen molar-refractivity contribution < 1.29 is 10.2 Å². The van der Waals surface area contributed by atoms with Crippen LogP contribution in [0.1, 0.15) is 22.9 Å². The van der Waals surface area contributed by atoms with Gasteiger partial charge in [-0.15, -0.1) is 11.3 Å². The Balaban J connectivity index is 2.28. The van der Waals surface area contributed by atoms with Crippen molar-refractivity contribution in [3.05, 3.63) is 40.5 Å². The number of fused-ring (bicyclic) bond motifs is 1. The molecule has 0 unspecified atom stereocenters. The summed E-state index contributed by atoms with van der Waals surface area (Å²) in [7, 11) is 0. The Morgan fingerprint density at radius 1 is 1.04 bits per heavy atom. The van der Waals surface area contributed by atoms with Gasteiger partial charge in [-0.05, 0) is 37.0 Å². The highest BCUT2D eigenvalue weighted by molar-refractivity contribution is 7.19. The minimum atomic E-state index is 0.00917. The van der Waals surface area contributed by atoms with Crippen LogP contribution in [-0.2, 0) is 6.42 Å². The van der Waals surface area contributed by atoms with E-state index in [9.17, 15) is 10.2 Å². The lowest BCUT2D eigenvalue weighted by Gasteiger charge is -2.23. The Morgan fingerprint density at radius 3 is 2.38 bits per heavy atom. The number of aryl methyl sites for hydroxylation is 3. The summed E-state index contributed by atoms with van der Waals surface area (Å²) in [5.74, 6) is 0.780. The van der Waals surface area contributed by atoms with E-state index < -0.39 is 0 Å². The summed E-state index contributed by atoms with van der Waals surface area (Å²) >= 11 is 1.69. The summed E-state index contributed by atoms with van der Waals surface area (Å²) in [5.41, 5.74) is 4.86. The fourth-order valence-electron chi connectivity index (χ4n) is 3.22. The first-order valence-electron chi connectivity index (χ1n) is 8.91. The molecule has 5 nitrogen and oxygen atoms in total. The molecule has 0 aliphatic heterocycles. The minimum Gasteiger partial charge on any atom is -0.395 e. The van der Waals surface area contributed by atoms with Gasteiger partial charge in [-0.3, -0.25) is 0 Å². The van der Waals surface area contributed by atoms with E-state index >= 15 is 0 Å². The molecule has 2 heterocycles. The molecule has 3 rings (SSSR count). The van der Waals surface area contributed by atoms with Crippen molar-refractivity contribution in [2.75, 3.05) is 31.2 Å². The van der Waals surface area contributed by atoms with Crippen LogP contribution >= 0.6 is 11.3 Å². The topological polar surface area (TPSA) is 69.5 Å². The Labute approximate surface area is 158 Å². The molecule has 0 amide bonds. The number of thiophene rings is 1. The van der Waals surface area contributed by atoms with E-state index in [0.29, 0.717) is 13.1 Å². The zero-order chi connectivity index (χ0) is 18.7. The highest BCUT2D eigenvalue weighted by Gasteiger charge is 2.21. The number of benzene rings is 1. The zero-order valence-corrected chi connectivity index (χ0v) is 16.3. The molecule has 6 heteroatoms. The predicted octanol–water partition coefficient (Wildman–Crippen LogP) is 3.33. The zero-order valence-electron chi connectivity index (χ0n) is 15.5. The first-order valence-corrected chi connectivity index (χ1v) is 9.73. The normalized spacial score (nSPS) is 11.3. The van der Waals surface area contributed by atoms with E-state index in [1.54, 1.807) is 17.7 Å². The Hall–Kier alpha value is -2.02. The summed E-state index contributed by atoms with van der Waals surface area (Å²) < 4.78 is 0. The maximum atomic E-state index is 9.44. The smallest absolute Gasteiger partial charge is 0.141 e. The summed E-state index contributed by atoms with van der Waals surface area (Å²) in [4.78, 5) is 13.2. The van der Waals surface area contributed by atoms with Crippen LogP contribution in [0.25, 0.3) is 21.3 Å². The predicted molar refractivity (Wildman–Crippen MR) is 108 cm³/mol. The molecule has 0 aliphatic carbocycles. The van der Waals surface area contributed by atoms with Crippen molar-refractivity contribution in [3.8, 4) is 11.1 Å². The van der Waals surface area contributed by atoms with Gasteiger partial charge in [-0.25, -0.2) is 9.97 Å². The number of anilines is 1. The molecule has 2 N–H and O–H groups in total. The van der Waals surface area contributed by atoms with Gasteiger partial charge in [-0.2, -0.15) is 0 Å². The summed E-state index contributed by atoms with van der Waals surface area (Å²) in [6, 6.07) is 6.52. The van der Waals surface area contributed by atoms with Gasteiger partial charge in [0.05, 0.1) is 18.6 Å². The van der Waals surface area contributed by atoms with Gasteiger partial charge in [0.15, 0.2) is 0 Å². The van der Waals surface area contributed by atoms with E-state index in [1.165, 1.54) is 27.1 Å². The Kier molecular flexibility index (Phi) is 5.86.